The Morgan fingerprint density at radius 3 is 2.88 bits per heavy atom. The summed E-state index contributed by atoms with van der Waals surface area (Å²) in [6.07, 6.45) is 6.80. The predicted molar refractivity (Wildman–Crippen MR) is 67.6 cm³/mol. The Morgan fingerprint density at radius 2 is 2.18 bits per heavy atom. The molecule has 1 saturated carbocycles. The van der Waals surface area contributed by atoms with Gasteiger partial charge in [-0.2, -0.15) is 0 Å². The maximum Gasteiger partial charge on any atom is 0.151 e. The Labute approximate surface area is 103 Å². The van der Waals surface area contributed by atoms with Crippen molar-refractivity contribution in [2.45, 2.75) is 51.2 Å². The van der Waals surface area contributed by atoms with E-state index in [1.54, 1.807) is 0 Å². The SMILES string of the molecule is CNCc1cc(CN(C)C2CCCCC2)on1. The van der Waals surface area contributed by atoms with E-state index in [2.05, 4.69) is 28.5 Å². The fraction of sp³-hybridized carbons (Fsp3) is 0.769. The lowest BCUT2D eigenvalue weighted by molar-refractivity contribution is 0.167. The van der Waals surface area contributed by atoms with Crippen LogP contribution >= 0.6 is 0 Å². The van der Waals surface area contributed by atoms with Gasteiger partial charge in [0, 0.05) is 18.7 Å². The lowest BCUT2D eigenvalue weighted by Crippen LogP contribution is -2.32. The molecule has 17 heavy (non-hydrogen) atoms. The summed E-state index contributed by atoms with van der Waals surface area (Å²) in [5.41, 5.74) is 0.986. The molecule has 1 aliphatic rings. The molecule has 1 N–H and O–H groups in total. The average Bonchev–Trinajstić information content (AvgIpc) is 2.78. The minimum atomic E-state index is 0.724. The highest BCUT2D eigenvalue weighted by molar-refractivity contribution is 5.05. The van der Waals surface area contributed by atoms with Crippen LogP contribution in [0.4, 0.5) is 0 Å². The van der Waals surface area contributed by atoms with Gasteiger partial charge < -0.3 is 9.84 Å². The zero-order valence-electron chi connectivity index (χ0n) is 10.9. The second-order valence-electron chi connectivity index (χ2n) is 5.02. The summed E-state index contributed by atoms with van der Waals surface area (Å²) in [6, 6.07) is 2.78. The van der Waals surface area contributed by atoms with E-state index >= 15 is 0 Å². The topological polar surface area (TPSA) is 41.3 Å². The first-order valence-corrected chi connectivity index (χ1v) is 6.59. The van der Waals surface area contributed by atoms with Crippen LogP contribution in [-0.4, -0.2) is 30.2 Å². The van der Waals surface area contributed by atoms with Crippen molar-refractivity contribution in [2.24, 2.45) is 0 Å². The van der Waals surface area contributed by atoms with Gasteiger partial charge in [-0.1, -0.05) is 24.4 Å². The molecular weight excluding hydrogens is 214 g/mol. The molecule has 0 spiro atoms. The third-order valence-corrected chi connectivity index (χ3v) is 3.57. The van der Waals surface area contributed by atoms with Crippen molar-refractivity contribution in [3.05, 3.63) is 17.5 Å². The number of nitrogens with one attached hydrogen (secondary N) is 1. The van der Waals surface area contributed by atoms with Crippen LogP contribution in [0, 0.1) is 0 Å². The third-order valence-electron chi connectivity index (χ3n) is 3.57. The zero-order chi connectivity index (χ0) is 12.1. The molecule has 1 aliphatic carbocycles. The smallest absolute Gasteiger partial charge is 0.151 e. The second-order valence-corrected chi connectivity index (χ2v) is 5.02. The van der Waals surface area contributed by atoms with E-state index < -0.39 is 0 Å². The van der Waals surface area contributed by atoms with E-state index in [0.29, 0.717) is 0 Å². The Balaban J connectivity index is 1.85. The van der Waals surface area contributed by atoms with Crippen LogP contribution in [-0.2, 0) is 13.1 Å². The molecular formula is C13H23N3O. The monoisotopic (exact) mass is 237 g/mol. The van der Waals surface area contributed by atoms with Crippen molar-refractivity contribution >= 4 is 0 Å². The van der Waals surface area contributed by atoms with Gasteiger partial charge in [0.2, 0.25) is 0 Å². The van der Waals surface area contributed by atoms with Gasteiger partial charge in [0.05, 0.1) is 12.2 Å². The van der Waals surface area contributed by atoms with Gasteiger partial charge >= 0.3 is 0 Å². The highest BCUT2D eigenvalue weighted by Gasteiger charge is 2.19. The lowest BCUT2D eigenvalue weighted by Gasteiger charge is -2.30. The number of hydrogen-bond acceptors (Lipinski definition) is 4. The van der Waals surface area contributed by atoms with Crippen LogP contribution in [0.25, 0.3) is 0 Å². The van der Waals surface area contributed by atoms with Gasteiger partial charge in [0.1, 0.15) is 0 Å². The van der Waals surface area contributed by atoms with Crippen LogP contribution in [0.3, 0.4) is 0 Å². The fourth-order valence-corrected chi connectivity index (χ4v) is 2.59. The van der Waals surface area contributed by atoms with E-state index in [1.165, 1.54) is 32.1 Å². The summed E-state index contributed by atoms with van der Waals surface area (Å²) in [6.45, 7) is 1.65. The number of nitrogens with zero attached hydrogens (tertiary/aromatic N) is 2. The highest BCUT2D eigenvalue weighted by Crippen LogP contribution is 2.22. The van der Waals surface area contributed by atoms with E-state index in [9.17, 15) is 0 Å². The summed E-state index contributed by atoms with van der Waals surface area (Å²) in [5, 5.41) is 7.12. The summed E-state index contributed by atoms with van der Waals surface area (Å²) >= 11 is 0. The Kier molecular flexibility index (Phi) is 4.57. The summed E-state index contributed by atoms with van der Waals surface area (Å²) in [4.78, 5) is 2.41. The average molecular weight is 237 g/mol. The lowest BCUT2D eigenvalue weighted by atomic mass is 9.94. The zero-order valence-corrected chi connectivity index (χ0v) is 10.9. The van der Waals surface area contributed by atoms with Gasteiger partial charge in [-0.05, 0) is 26.9 Å². The van der Waals surface area contributed by atoms with Crippen LogP contribution in [0.5, 0.6) is 0 Å². The Hall–Kier alpha value is -0.870. The molecule has 4 heteroatoms. The summed E-state index contributed by atoms with van der Waals surface area (Å²) < 4.78 is 5.35. The van der Waals surface area contributed by atoms with Gasteiger partial charge in [0.15, 0.2) is 5.76 Å². The van der Waals surface area contributed by atoms with Gasteiger partial charge in [-0.3, -0.25) is 4.90 Å². The summed E-state index contributed by atoms with van der Waals surface area (Å²) in [7, 11) is 4.11. The molecule has 0 saturated heterocycles. The molecule has 96 valence electrons. The maximum atomic E-state index is 5.35. The van der Waals surface area contributed by atoms with E-state index in [0.717, 1.165) is 30.6 Å². The maximum absolute atomic E-state index is 5.35. The molecule has 1 aromatic rings. The molecule has 0 atom stereocenters. The van der Waals surface area contributed by atoms with Crippen LogP contribution in [0.1, 0.15) is 43.6 Å². The van der Waals surface area contributed by atoms with Crippen molar-refractivity contribution in [3.8, 4) is 0 Å². The van der Waals surface area contributed by atoms with Crippen molar-refractivity contribution in [2.75, 3.05) is 14.1 Å². The minimum Gasteiger partial charge on any atom is -0.360 e. The molecule has 0 aliphatic heterocycles. The normalized spacial score (nSPS) is 17.8. The molecule has 4 nitrogen and oxygen atoms in total. The standard InChI is InChI=1S/C13H23N3O/c1-14-9-11-8-13(17-15-11)10-16(2)12-6-4-3-5-7-12/h8,12,14H,3-7,9-10H2,1-2H3. The third kappa shape index (κ3) is 3.54. The number of aromatic nitrogens is 1. The quantitative estimate of drug-likeness (QED) is 0.852. The van der Waals surface area contributed by atoms with Crippen molar-refractivity contribution in [1.82, 2.24) is 15.4 Å². The Bertz CT molecular complexity index is 331. The van der Waals surface area contributed by atoms with Crippen molar-refractivity contribution in [3.63, 3.8) is 0 Å². The molecule has 1 heterocycles. The van der Waals surface area contributed by atoms with Crippen LogP contribution in [0.15, 0.2) is 10.6 Å². The molecule has 0 amide bonds. The van der Waals surface area contributed by atoms with Crippen LogP contribution in [0.2, 0.25) is 0 Å². The minimum absolute atomic E-state index is 0.724. The number of rotatable bonds is 5. The molecule has 0 radical (unpaired) electrons. The highest BCUT2D eigenvalue weighted by atomic mass is 16.5. The van der Waals surface area contributed by atoms with Crippen molar-refractivity contribution < 1.29 is 4.52 Å². The van der Waals surface area contributed by atoms with E-state index in [1.807, 2.05) is 7.05 Å². The van der Waals surface area contributed by atoms with Gasteiger partial charge in [-0.25, -0.2) is 0 Å². The fourth-order valence-electron chi connectivity index (χ4n) is 2.59. The Morgan fingerprint density at radius 1 is 1.41 bits per heavy atom. The molecule has 0 aromatic carbocycles. The first-order chi connectivity index (χ1) is 8.29. The summed E-state index contributed by atoms with van der Waals surface area (Å²) in [5.74, 6) is 0.975. The molecule has 2 rings (SSSR count). The first kappa shape index (κ1) is 12.6. The number of hydrogen-bond donors (Lipinski definition) is 1. The molecule has 1 fully saturated rings. The van der Waals surface area contributed by atoms with E-state index in [4.69, 9.17) is 4.52 Å². The predicted octanol–water partition coefficient (Wildman–Crippen LogP) is 2.16. The van der Waals surface area contributed by atoms with Crippen molar-refractivity contribution in [1.29, 1.82) is 0 Å². The van der Waals surface area contributed by atoms with Crippen LogP contribution < -0.4 is 5.32 Å². The van der Waals surface area contributed by atoms with E-state index in [-0.39, 0.29) is 0 Å². The largest absolute Gasteiger partial charge is 0.360 e. The second kappa shape index (κ2) is 6.17. The van der Waals surface area contributed by atoms with Gasteiger partial charge in [-0.15, -0.1) is 0 Å². The first-order valence-electron chi connectivity index (χ1n) is 6.59. The molecule has 1 aromatic heterocycles. The molecule has 0 bridgehead atoms. The molecule has 0 unspecified atom stereocenters. The van der Waals surface area contributed by atoms with Gasteiger partial charge in [0.25, 0.3) is 0 Å².